The molecule has 1 unspecified atom stereocenters. The first-order chi connectivity index (χ1) is 8.04. The fourth-order valence-electron chi connectivity index (χ4n) is 1.55. The average Bonchev–Trinajstić information content (AvgIpc) is 3.10. The number of hydrogen-bond donors (Lipinski definition) is 1. The van der Waals surface area contributed by atoms with Crippen LogP contribution in [-0.2, 0) is 10.0 Å². The summed E-state index contributed by atoms with van der Waals surface area (Å²) in [6, 6.07) is 7.50. The van der Waals surface area contributed by atoms with E-state index >= 15 is 0 Å². The van der Waals surface area contributed by atoms with Crippen LogP contribution in [0.4, 0.5) is 0 Å². The molecule has 0 spiro atoms. The van der Waals surface area contributed by atoms with Crippen LogP contribution in [0.5, 0.6) is 0 Å². The van der Waals surface area contributed by atoms with Gasteiger partial charge >= 0.3 is 0 Å². The lowest BCUT2D eigenvalue weighted by molar-refractivity contribution is 0.560. The molecule has 1 saturated carbocycles. The third kappa shape index (κ3) is 2.78. The number of halogens is 1. The minimum Gasteiger partial charge on any atom is -0.207 e. The van der Waals surface area contributed by atoms with Gasteiger partial charge in [0.15, 0.2) is 0 Å². The maximum atomic E-state index is 12.0. The van der Waals surface area contributed by atoms with Gasteiger partial charge in [-0.3, -0.25) is 0 Å². The van der Waals surface area contributed by atoms with Gasteiger partial charge in [0.1, 0.15) is 10.9 Å². The third-order valence-corrected chi connectivity index (χ3v) is 4.58. The molecule has 0 radical (unpaired) electrons. The Labute approximate surface area is 105 Å². The van der Waals surface area contributed by atoms with Gasteiger partial charge in [0.2, 0.25) is 10.0 Å². The van der Waals surface area contributed by atoms with Crippen LogP contribution in [0.25, 0.3) is 0 Å². The number of sulfonamides is 1. The monoisotopic (exact) mass is 270 g/mol. The van der Waals surface area contributed by atoms with Crippen molar-refractivity contribution in [3.63, 3.8) is 0 Å². The Balaban J connectivity index is 2.25. The summed E-state index contributed by atoms with van der Waals surface area (Å²) in [7, 11) is -3.71. The van der Waals surface area contributed by atoms with Crippen LogP contribution in [0.1, 0.15) is 12.8 Å². The molecule has 0 amide bonds. The largest absolute Gasteiger partial charge is 0.243 e. The van der Waals surface area contributed by atoms with Gasteiger partial charge in [-0.2, -0.15) is 9.98 Å². The zero-order chi connectivity index (χ0) is 12.5. The molecule has 6 heteroatoms. The highest BCUT2D eigenvalue weighted by molar-refractivity contribution is 7.89. The first-order valence-electron chi connectivity index (χ1n) is 5.21. The van der Waals surface area contributed by atoms with Gasteiger partial charge in [0.05, 0.1) is 11.1 Å². The summed E-state index contributed by atoms with van der Waals surface area (Å²) in [6.45, 7) is 0. The van der Waals surface area contributed by atoms with Crippen molar-refractivity contribution in [2.75, 3.05) is 0 Å². The van der Waals surface area contributed by atoms with Crippen molar-refractivity contribution in [2.24, 2.45) is 5.92 Å². The van der Waals surface area contributed by atoms with E-state index in [0.29, 0.717) is 0 Å². The summed E-state index contributed by atoms with van der Waals surface area (Å²) < 4.78 is 26.4. The molecule has 90 valence electrons. The fraction of sp³-hybridized carbons (Fsp3) is 0.364. The van der Waals surface area contributed by atoms with Crippen molar-refractivity contribution in [1.29, 1.82) is 5.26 Å². The fourth-order valence-corrected chi connectivity index (χ4v) is 3.28. The Kier molecular flexibility index (Phi) is 3.38. The van der Waals surface area contributed by atoms with Crippen molar-refractivity contribution in [3.05, 3.63) is 29.3 Å². The molecule has 1 aliphatic carbocycles. The molecule has 0 heterocycles. The molecule has 1 aromatic carbocycles. The molecular formula is C11H11ClN2O2S. The summed E-state index contributed by atoms with van der Waals surface area (Å²) in [4.78, 5) is 0.0163. The van der Waals surface area contributed by atoms with Crippen molar-refractivity contribution >= 4 is 21.6 Å². The number of nitrogens with zero attached hydrogens (tertiary/aromatic N) is 1. The zero-order valence-corrected chi connectivity index (χ0v) is 10.5. The van der Waals surface area contributed by atoms with Gasteiger partial charge < -0.3 is 0 Å². The molecule has 0 aliphatic heterocycles. The summed E-state index contributed by atoms with van der Waals surface area (Å²) in [5.74, 6) is 0.136. The van der Waals surface area contributed by atoms with Crippen LogP contribution in [-0.4, -0.2) is 14.5 Å². The maximum absolute atomic E-state index is 12.0. The summed E-state index contributed by atoms with van der Waals surface area (Å²) in [5, 5.41) is 9.07. The Hall–Kier alpha value is -1.09. The molecule has 1 fully saturated rings. The molecule has 1 aliphatic rings. The number of nitriles is 1. The minimum absolute atomic E-state index is 0.0163. The molecule has 17 heavy (non-hydrogen) atoms. The maximum Gasteiger partial charge on any atom is 0.243 e. The predicted molar refractivity (Wildman–Crippen MR) is 63.9 cm³/mol. The second-order valence-corrected chi connectivity index (χ2v) is 6.09. The first-order valence-corrected chi connectivity index (χ1v) is 7.07. The second kappa shape index (κ2) is 4.65. The van der Waals surface area contributed by atoms with Crippen LogP contribution in [0.2, 0.25) is 5.02 Å². The Morgan fingerprint density at radius 1 is 1.41 bits per heavy atom. The third-order valence-electron chi connectivity index (χ3n) is 2.64. The van der Waals surface area contributed by atoms with Crippen molar-refractivity contribution in [1.82, 2.24) is 4.72 Å². The lowest BCUT2D eigenvalue weighted by atomic mass is 10.2. The SMILES string of the molecule is N#CC(NS(=O)(=O)c1ccccc1Cl)C1CC1. The molecule has 1 N–H and O–H groups in total. The van der Waals surface area contributed by atoms with Crippen LogP contribution in [0, 0.1) is 17.2 Å². The molecule has 4 nitrogen and oxygen atoms in total. The molecule has 2 rings (SSSR count). The van der Waals surface area contributed by atoms with Crippen molar-refractivity contribution < 1.29 is 8.42 Å². The lowest BCUT2D eigenvalue weighted by Crippen LogP contribution is -2.35. The predicted octanol–water partition coefficient (Wildman–Crippen LogP) is 1.92. The zero-order valence-electron chi connectivity index (χ0n) is 8.93. The minimum atomic E-state index is -3.71. The van der Waals surface area contributed by atoms with Gasteiger partial charge in [-0.15, -0.1) is 0 Å². The summed E-state index contributed by atoms with van der Waals surface area (Å²) in [5.41, 5.74) is 0. The molecule has 0 aromatic heterocycles. The quantitative estimate of drug-likeness (QED) is 0.909. The smallest absolute Gasteiger partial charge is 0.207 e. The summed E-state index contributed by atoms with van der Waals surface area (Å²) >= 11 is 5.83. The highest BCUT2D eigenvalue weighted by Gasteiger charge is 2.34. The normalized spacial score (nSPS) is 17.4. The molecule has 1 atom stereocenters. The molecular weight excluding hydrogens is 260 g/mol. The lowest BCUT2D eigenvalue weighted by Gasteiger charge is -2.11. The van der Waals surface area contributed by atoms with E-state index in [9.17, 15) is 8.42 Å². The van der Waals surface area contributed by atoms with E-state index in [4.69, 9.17) is 16.9 Å². The Bertz CT molecular complexity index is 561. The molecule has 0 saturated heterocycles. The highest BCUT2D eigenvalue weighted by Crippen LogP contribution is 2.33. The van der Waals surface area contributed by atoms with E-state index < -0.39 is 16.1 Å². The second-order valence-electron chi connectivity index (χ2n) is 4.00. The standard InChI is InChI=1S/C11H11ClN2O2S/c12-9-3-1-2-4-11(9)17(15,16)14-10(7-13)8-5-6-8/h1-4,8,10,14H,5-6H2. The summed E-state index contributed by atoms with van der Waals surface area (Å²) in [6.07, 6.45) is 1.78. The number of nitrogens with one attached hydrogen (secondary N) is 1. The van der Waals surface area contributed by atoms with E-state index in [1.807, 2.05) is 6.07 Å². The van der Waals surface area contributed by atoms with E-state index in [-0.39, 0.29) is 15.8 Å². The van der Waals surface area contributed by atoms with Crippen LogP contribution < -0.4 is 4.72 Å². The van der Waals surface area contributed by atoms with Gasteiger partial charge in [0, 0.05) is 0 Å². The number of benzene rings is 1. The van der Waals surface area contributed by atoms with E-state index in [1.165, 1.54) is 12.1 Å². The van der Waals surface area contributed by atoms with E-state index in [1.54, 1.807) is 12.1 Å². The average molecular weight is 271 g/mol. The first kappa shape index (κ1) is 12.4. The van der Waals surface area contributed by atoms with Crippen LogP contribution >= 0.6 is 11.6 Å². The Morgan fingerprint density at radius 2 is 2.06 bits per heavy atom. The molecule has 1 aromatic rings. The number of hydrogen-bond acceptors (Lipinski definition) is 3. The van der Waals surface area contributed by atoms with Crippen LogP contribution in [0.15, 0.2) is 29.2 Å². The van der Waals surface area contributed by atoms with Gasteiger partial charge in [-0.1, -0.05) is 23.7 Å². The van der Waals surface area contributed by atoms with Gasteiger partial charge in [-0.05, 0) is 30.9 Å². The molecule has 0 bridgehead atoms. The van der Waals surface area contributed by atoms with Gasteiger partial charge in [0.25, 0.3) is 0 Å². The van der Waals surface area contributed by atoms with Crippen LogP contribution in [0.3, 0.4) is 0 Å². The highest BCUT2D eigenvalue weighted by atomic mass is 35.5. The van der Waals surface area contributed by atoms with Gasteiger partial charge in [-0.25, -0.2) is 8.42 Å². The number of rotatable bonds is 4. The van der Waals surface area contributed by atoms with Crippen molar-refractivity contribution in [3.8, 4) is 6.07 Å². The van der Waals surface area contributed by atoms with E-state index in [0.717, 1.165) is 12.8 Å². The topological polar surface area (TPSA) is 70.0 Å². The van der Waals surface area contributed by atoms with E-state index in [2.05, 4.69) is 4.72 Å². The Morgan fingerprint density at radius 3 is 2.59 bits per heavy atom. The van der Waals surface area contributed by atoms with Crippen molar-refractivity contribution in [2.45, 2.75) is 23.8 Å².